The van der Waals surface area contributed by atoms with Crippen LogP contribution in [0.5, 0.6) is 17.4 Å². The number of hydrogen-bond donors (Lipinski definition) is 2. The summed E-state index contributed by atoms with van der Waals surface area (Å²) in [6, 6.07) is 22.3. The highest BCUT2D eigenvalue weighted by Gasteiger charge is 2.19. The molecule has 4 aromatic rings. The first kappa shape index (κ1) is 21.1. The van der Waals surface area contributed by atoms with Crippen molar-refractivity contribution in [1.82, 2.24) is 9.97 Å². The maximum atomic E-state index is 12.7. The highest BCUT2D eigenvalue weighted by Crippen LogP contribution is 2.33. The minimum Gasteiger partial charge on any atom is -0.497 e. The summed E-state index contributed by atoms with van der Waals surface area (Å²) < 4.78 is 39.0. The number of aromatic nitrogens is 2. The van der Waals surface area contributed by atoms with E-state index >= 15 is 0 Å². The maximum Gasteiger partial charge on any atom is 0.264 e. The Morgan fingerprint density at radius 1 is 0.906 bits per heavy atom. The van der Waals surface area contributed by atoms with Crippen LogP contribution in [0.4, 0.5) is 11.6 Å². The van der Waals surface area contributed by atoms with Gasteiger partial charge in [-0.05, 0) is 48.0 Å². The predicted octanol–water partition coefficient (Wildman–Crippen LogP) is 4.33. The molecular weight excluding hydrogens is 428 g/mol. The van der Waals surface area contributed by atoms with E-state index in [2.05, 4.69) is 14.7 Å². The fraction of sp³-hybridized carbons (Fsp3) is 0.0435. The molecule has 0 fully saturated rings. The van der Waals surface area contributed by atoms with Gasteiger partial charge in [0.15, 0.2) is 0 Å². The van der Waals surface area contributed by atoms with Gasteiger partial charge in [-0.1, -0.05) is 36.4 Å². The molecule has 0 aliphatic rings. The molecule has 32 heavy (non-hydrogen) atoms. The van der Waals surface area contributed by atoms with Crippen molar-refractivity contribution in [2.24, 2.45) is 0 Å². The molecule has 4 rings (SSSR count). The van der Waals surface area contributed by atoms with E-state index in [1.54, 1.807) is 43.5 Å². The van der Waals surface area contributed by atoms with Crippen LogP contribution in [0.25, 0.3) is 11.1 Å². The molecule has 8 nitrogen and oxygen atoms in total. The topological polar surface area (TPSA) is 116 Å². The molecule has 0 bridgehead atoms. The van der Waals surface area contributed by atoms with E-state index in [9.17, 15) is 8.42 Å². The highest BCUT2D eigenvalue weighted by molar-refractivity contribution is 7.92. The number of nitrogens with zero attached hydrogens (tertiary/aromatic N) is 2. The zero-order valence-corrected chi connectivity index (χ0v) is 17.9. The third-order valence-electron chi connectivity index (χ3n) is 4.51. The Labute approximate surface area is 185 Å². The van der Waals surface area contributed by atoms with E-state index in [4.69, 9.17) is 15.2 Å². The van der Waals surface area contributed by atoms with Crippen LogP contribution >= 0.6 is 0 Å². The first-order valence-electron chi connectivity index (χ1n) is 9.57. The van der Waals surface area contributed by atoms with Crippen LogP contribution in [-0.4, -0.2) is 25.5 Å². The Balaban J connectivity index is 1.72. The number of benzene rings is 3. The Morgan fingerprint density at radius 2 is 1.66 bits per heavy atom. The second-order valence-electron chi connectivity index (χ2n) is 6.73. The van der Waals surface area contributed by atoms with Crippen LogP contribution in [0.3, 0.4) is 0 Å². The van der Waals surface area contributed by atoms with Gasteiger partial charge in [-0.15, -0.1) is 0 Å². The summed E-state index contributed by atoms with van der Waals surface area (Å²) in [6.07, 6.45) is 1.50. The van der Waals surface area contributed by atoms with Gasteiger partial charge in [0, 0.05) is 11.9 Å². The van der Waals surface area contributed by atoms with Gasteiger partial charge in [-0.3, -0.25) is 0 Å². The monoisotopic (exact) mass is 448 g/mol. The van der Waals surface area contributed by atoms with Crippen molar-refractivity contribution in [3.63, 3.8) is 0 Å². The van der Waals surface area contributed by atoms with Crippen molar-refractivity contribution in [3.05, 3.63) is 85.1 Å². The van der Waals surface area contributed by atoms with Gasteiger partial charge in [0.2, 0.25) is 11.8 Å². The molecule has 1 aromatic heterocycles. The Kier molecular flexibility index (Phi) is 5.91. The minimum atomic E-state index is -3.94. The lowest BCUT2D eigenvalue weighted by atomic mass is 10.1. The largest absolute Gasteiger partial charge is 0.497 e. The summed E-state index contributed by atoms with van der Waals surface area (Å²) in [5.74, 6) is 1.31. The summed E-state index contributed by atoms with van der Waals surface area (Å²) in [7, 11) is -2.35. The molecule has 0 saturated carbocycles. The van der Waals surface area contributed by atoms with E-state index in [1.807, 2.05) is 30.3 Å². The van der Waals surface area contributed by atoms with E-state index in [1.165, 1.54) is 18.3 Å². The van der Waals surface area contributed by atoms with Crippen LogP contribution in [0.2, 0.25) is 0 Å². The molecule has 9 heteroatoms. The normalized spacial score (nSPS) is 11.0. The number of hydrogen-bond acceptors (Lipinski definition) is 7. The van der Waals surface area contributed by atoms with Gasteiger partial charge in [-0.2, -0.15) is 4.98 Å². The Bertz CT molecular complexity index is 1330. The standard InChI is InChI=1S/C23H20N4O4S/c1-30-18-12-10-16(11-13-18)21-15-25-23(26-22(21)31-19-7-3-2-4-8-19)27-32(28,29)20-9-5-6-17(24)14-20/h2-15H,24H2,1H3,(H,25,26,27). The summed E-state index contributed by atoms with van der Waals surface area (Å²) in [4.78, 5) is 8.53. The molecule has 0 aliphatic carbocycles. The third-order valence-corrected chi connectivity index (χ3v) is 5.83. The van der Waals surface area contributed by atoms with Gasteiger partial charge < -0.3 is 15.2 Å². The smallest absolute Gasteiger partial charge is 0.264 e. The number of nitrogens with two attached hydrogens (primary N) is 1. The Morgan fingerprint density at radius 3 is 2.34 bits per heavy atom. The van der Waals surface area contributed by atoms with Crippen LogP contribution in [0.15, 0.2) is 90.0 Å². The van der Waals surface area contributed by atoms with Crippen LogP contribution in [0.1, 0.15) is 0 Å². The number of nitrogen functional groups attached to an aromatic ring is 1. The summed E-state index contributed by atoms with van der Waals surface area (Å²) >= 11 is 0. The van der Waals surface area contributed by atoms with Gasteiger partial charge >= 0.3 is 0 Å². The summed E-state index contributed by atoms with van der Waals surface area (Å²) in [6.45, 7) is 0. The van der Waals surface area contributed by atoms with Crippen LogP contribution in [-0.2, 0) is 10.0 Å². The predicted molar refractivity (Wildman–Crippen MR) is 122 cm³/mol. The molecule has 1 heterocycles. The maximum absolute atomic E-state index is 12.7. The Hall–Kier alpha value is -4.11. The fourth-order valence-corrected chi connectivity index (χ4v) is 3.93. The van der Waals surface area contributed by atoms with Crippen LogP contribution < -0.4 is 19.9 Å². The first-order valence-corrected chi connectivity index (χ1v) is 11.1. The second-order valence-corrected chi connectivity index (χ2v) is 8.42. The number of ether oxygens (including phenoxy) is 2. The number of sulfonamides is 1. The fourth-order valence-electron chi connectivity index (χ4n) is 2.92. The lowest BCUT2D eigenvalue weighted by molar-refractivity contribution is 0.415. The second kappa shape index (κ2) is 8.94. The van der Waals surface area contributed by atoms with Crippen molar-refractivity contribution in [2.45, 2.75) is 4.90 Å². The van der Waals surface area contributed by atoms with E-state index in [0.29, 0.717) is 22.7 Å². The van der Waals surface area contributed by atoms with Crippen LogP contribution in [0, 0.1) is 0 Å². The highest BCUT2D eigenvalue weighted by atomic mass is 32.2. The van der Waals surface area contributed by atoms with Crippen molar-refractivity contribution < 1.29 is 17.9 Å². The SMILES string of the molecule is COc1ccc(-c2cnc(NS(=O)(=O)c3cccc(N)c3)nc2Oc2ccccc2)cc1. The van der Waals surface area contributed by atoms with Crippen molar-refractivity contribution in [2.75, 3.05) is 17.6 Å². The lowest BCUT2D eigenvalue weighted by Gasteiger charge is -2.13. The van der Waals surface area contributed by atoms with Gasteiger partial charge in [0.25, 0.3) is 10.0 Å². The number of anilines is 2. The molecule has 0 amide bonds. The quantitative estimate of drug-likeness (QED) is 0.404. The molecule has 0 spiro atoms. The molecule has 0 saturated heterocycles. The van der Waals surface area contributed by atoms with Gasteiger partial charge in [-0.25, -0.2) is 18.1 Å². The summed E-state index contributed by atoms with van der Waals surface area (Å²) in [5, 5.41) is 0. The zero-order valence-electron chi connectivity index (χ0n) is 17.1. The molecular formula is C23H20N4O4S. The molecule has 0 radical (unpaired) electrons. The van der Waals surface area contributed by atoms with E-state index in [0.717, 1.165) is 5.56 Å². The van der Waals surface area contributed by atoms with Gasteiger partial charge in [0.1, 0.15) is 11.5 Å². The molecule has 3 aromatic carbocycles. The minimum absolute atomic E-state index is 0.00542. The number of nitrogens with one attached hydrogen (secondary N) is 1. The van der Waals surface area contributed by atoms with E-state index < -0.39 is 10.0 Å². The van der Waals surface area contributed by atoms with Crippen molar-refractivity contribution in [3.8, 4) is 28.5 Å². The third kappa shape index (κ3) is 4.79. The number of rotatable bonds is 7. The molecule has 0 aliphatic heterocycles. The molecule has 0 atom stereocenters. The van der Waals surface area contributed by atoms with Crippen molar-refractivity contribution in [1.29, 1.82) is 0 Å². The zero-order chi connectivity index (χ0) is 22.6. The summed E-state index contributed by atoms with van der Waals surface area (Å²) in [5.41, 5.74) is 7.41. The average Bonchev–Trinajstić information content (AvgIpc) is 2.80. The number of para-hydroxylation sites is 1. The van der Waals surface area contributed by atoms with E-state index in [-0.39, 0.29) is 16.7 Å². The lowest BCUT2D eigenvalue weighted by Crippen LogP contribution is -2.15. The molecule has 162 valence electrons. The number of methoxy groups -OCH3 is 1. The van der Waals surface area contributed by atoms with Gasteiger partial charge in [0.05, 0.1) is 17.6 Å². The molecule has 3 N–H and O–H groups in total. The first-order chi connectivity index (χ1) is 15.4. The average molecular weight is 449 g/mol. The molecule has 0 unspecified atom stereocenters. The van der Waals surface area contributed by atoms with Crippen molar-refractivity contribution >= 4 is 21.7 Å².